The summed E-state index contributed by atoms with van der Waals surface area (Å²) >= 11 is 0. The number of piperidine rings is 1. The Balaban J connectivity index is 2.01. The van der Waals surface area contributed by atoms with Gasteiger partial charge in [-0.3, -0.25) is 14.3 Å². The van der Waals surface area contributed by atoms with E-state index in [0.717, 1.165) is 13.1 Å². The van der Waals surface area contributed by atoms with Gasteiger partial charge in [0.05, 0.1) is 23.5 Å². The summed E-state index contributed by atoms with van der Waals surface area (Å²) in [6.07, 6.45) is 2.43. The second-order valence-corrected chi connectivity index (χ2v) is 6.08. The summed E-state index contributed by atoms with van der Waals surface area (Å²) in [7, 11) is 0. The minimum Gasteiger partial charge on any atom is -0.296 e. The minimum atomic E-state index is -0.118. The zero-order valence-electron chi connectivity index (χ0n) is 12.8. The lowest BCUT2D eigenvalue weighted by atomic mass is 10.0. The number of hydrogen-bond donors (Lipinski definition) is 0. The van der Waals surface area contributed by atoms with Gasteiger partial charge in [0.2, 0.25) is 0 Å². The highest BCUT2D eigenvalue weighted by Gasteiger charge is 2.19. The number of fused-ring (bicyclic) bond motifs is 1. The third kappa shape index (κ3) is 2.88. The number of likely N-dealkylation sites (tertiary alicyclic amines) is 1. The van der Waals surface area contributed by atoms with Crippen molar-refractivity contribution in [3.63, 3.8) is 0 Å². The molecule has 1 aliphatic rings. The first-order chi connectivity index (χ1) is 10.7. The maximum atomic E-state index is 12.6. The number of hydrogen-bond acceptors (Lipinski definition) is 4. The van der Waals surface area contributed by atoms with E-state index < -0.39 is 0 Å². The minimum absolute atomic E-state index is 0.0510. The lowest BCUT2D eigenvalue weighted by Gasteiger charge is -2.30. The van der Waals surface area contributed by atoms with E-state index in [2.05, 4.69) is 22.9 Å². The zero-order chi connectivity index (χ0) is 15.5. The average molecular weight is 296 g/mol. The molecule has 2 aromatic rings. The molecule has 2 heterocycles. The monoisotopic (exact) mass is 296 g/mol. The molecule has 1 aliphatic heterocycles. The fourth-order valence-corrected chi connectivity index (χ4v) is 3.20. The van der Waals surface area contributed by atoms with E-state index in [1.165, 1.54) is 17.4 Å². The van der Waals surface area contributed by atoms with Gasteiger partial charge in [-0.1, -0.05) is 19.1 Å². The molecule has 0 saturated carbocycles. The third-order valence-electron chi connectivity index (χ3n) is 4.28. The van der Waals surface area contributed by atoms with Crippen molar-refractivity contribution in [2.45, 2.75) is 32.9 Å². The maximum absolute atomic E-state index is 12.6. The summed E-state index contributed by atoms with van der Waals surface area (Å²) in [5, 5.41) is 9.61. The van der Waals surface area contributed by atoms with Crippen molar-refractivity contribution in [3.05, 3.63) is 40.4 Å². The van der Waals surface area contributed by atoms with Crippen molar-refractivity contribution >= 4 is 10.9 Å². The Hall–Kier alpha value is -2.19. The fourth-order valence-electron chi connectivity index (χ4n) is 3.20. The predicted molar refractivity (Wildman–Crippen MR) is 85.3 cm³/mol. The molecule has 5 heteroatoms. The van der Waals surface area contributed by atoms with Crippen LogP contribution in [0.5, 0.6) is 0 Å². The van der Waals surface area contributed by atoms with Crippen molar-refractivity contribution in [3.8, 4) is 6.07 Å². The second kappa shape index (κ2) is 6.29. The molecule has 0 amide bonds. The quantitative estimate of drug-likeness (QED) is 0.870. The Bertz CT molecular complexity index is 774. The Labute approximate surface area is 129 Å². The SMILES string of the molecule is C[C@H]1CCCN(Cc2nc3ccccc3c(=O)n2CC#N)C1. The summed E-state index contributed by atoms with van der Waals surface area (Å²) in [5.74, 6) is 1.37. The molecule has 1 aromatic carbocycles. The number of benzene rings is 1. The summed E-state index contributed by atoms with van der Waals surface area (Å²) in [5.41, 5.74) is 0.592. The average Bonchev–Trinajstić information content (AvgIpc) is 2.51. The number of rotatable bonds is 3. The van der Waals surface area contributed by atoms with E-state index in [0.29, 0.717) is 29.2 Å². The Kier molecular flexibility index (Phi) is 4.21. The highest BCUT2D eigenvalue weighted by molar-refractivity contribution is 5.77. The number of nitriles is 1. The molecule has 1 saturated heterocycles. The Morgan fingerprint density at radius 3 is 3.00 bits per heavy atom. The molecule has 5 nitrogen and oxygen atoms in total. The third-order valence-corrected chi connectivity index (χ3v) is 4.28. The first-order valence-electron chi connectivity index (χ1n) is 7.77. The van der Waals surface area contributed by atoms with Gasteiger partial charge in [-0.25, -0.2) is 4.98 Å². The maximum Gasteiger partial charge on any atom is 0.262 e. The van der Waals surface area contributed by atoms with Crippen LogP contribution in [0.1, 0.15) is 25.6 Å². The van der Waals surface area contributed by atoms with Crippen LogP contribution in [0, 0.1) is 17.2 Å². The van der Waals surface area contributed by atoms with Crippen LogP contribution < -0.4 is 5.56 Å². The van der Waals surface area contributed by atoms with Crippen molar-refractivity contribution in [1.82, 2.24) is 14.5 Å². The molecule has 1 atom stereocenters. The smallest absolute Gasteiger partial charge is 0.262 e. The summed E-state index contributed by atoms with van der Waals surface area (Å²) in [6, 6.07) is 9.42. The van der Waals surface area contributed by atoms with Crippen molar-refractivity contribution in [1.29, 1.82) is 5.26 Å². The lowest BCUT2D eigenvalue weighted by molar-refractivity contribution is 0.170. The van der Waals surface area contributed by atoms with Crippen LogP contribution in [0.15, 0.2) is 29.1 Å². The van der Waals surface area contributed by atoms with Gasteiger partial charge in [-0.2, -0.15) is 5.26 Å². The molecule has 3 rings (SSSR count). The molecular weight excluding hydrogens is 276 g/mol. The van der Waals surface area contributed by atoms with Gasteiger partial charge in [0.25, 0.3) is 5.56 Å². The summed E-state index contributed by atoms with van der Waals surface area (Å²) in [6.45, 7) is 4.98. The van der Waals surface area contributed by atoms with Gasteiger partial charge < -0.3 is 0 Å². The van der Waals surface area contributed by atoms with Gasteiger partial charge in [-0.15, -0.1) is 0 Å². The van der Waals surface area contributed by atoms with Gasteiger partial charge in [-0.05, 0) is 37.4 Å². The van der Waals surface area contributed by atoms with Crippen LogP contribution in [-0.2, 0) is 13.1 Å². The van der Waals surface area contributed by atoms with Crippen molar-refractivity contribution in [2.75, 3.05) is 13.1 Å². The first-order valence-corrected chi connectivity index (χ1v) is 7.77. The van der Waals surface area contributed by atoms with E-state index in [4.69, 9.17) is 5.26 Å². The van der Waals surface area contributed by atoms with E-state index in [-0.39, 0.29) is 12.1 Å². The van der Waals surface area contributed by atoms with Crippen LogP contribution in [0.25, 0.3) is 10.9 Å². The molecule has 0 unspecified atom stereocenters. The molecule has 1 aromatic heterocycles. The predicted octanol–water partition coefficient (Wildman–Crippen LogP) is 2.15. The van der Waals surface area contributed by atoms with Crippen molar-refractivity contribution < 1.29 is 0 Å². The van der Waals surface area contributed by atoms with E-state index in [1.807, 2.05) is 18.2 Å². The Morgan fingerprint density at radius 2 is 2.23 bits per heavy atom. The number of para-hydroxylation sites is 1. The summed E-state index contributed by atoms with van der Waals surface area (Å²) in [4.78, 5) is 19.6. The van der Waals surface area contributed by atoms with Crippen LogP contribution >= 0.6 is 0 Å². The van der Waals surface area contributed by atoms with E-state index in [1.54, 1.807) is 6.07 Å². The van der Waals surface area contributed by atoms with Crippen LogP contribution in [0.3, 0.4) is 0 Å². The van der Waals surface area contributed by atoms with Crippen molar-refractivity contribution in [2.24, 2.45) is 5.92 Å². The molecule has 0 bridgehead atoms. The second-order valence-electron chi connectivity index (χ2n) is 6.08. The molecule has 0 spiro atoms. The zero-order valence-corrected chi connectivity index (χ0v) is 12.8. The highest BCUT2D eigenvalue weighted by atomic mass is 16.1. The molecular formula is C17H20N4O. The standard InChI is InChI=1S/C17H20N4O/c1-13-5-4-9-20(11-13)12-16-19-15-7-3-2-6-14(15)17(22)21(16)10-8-18/h2-3,6-7,13H,4-5,9-12H2,1H3/t13-/m0/s1. The van der Waals surface area contributed by atoms with Gasteiger partial charge in [0, 0.05) is 6.54 Å². The molecule has 0 aliphatic carbocycles. The lowest BCUT2D eigenvalue weighted by Crippen LogP contribution is -2.36. The van der Waals surface area contributed by atoms with Gasteiger partial charge >= 0.3 is 0 Å². The molecule has 114 valence electrons. The largest absolute Gasteiger partial charge is 0.296 e. The van der Waals surface area contributed by atoms with Crippen LogP contribution in [0.2, 0.25) is 0 Å². The first kappa shape index (κ1) is 14.7. The van der Waals surface area contributed by atoms with Crippen LogP contribution in [-0.4, -0.2) is 27.5 Å². The summed E-state index contributed by atoms with van der Waals surface area (Å²) < 4.78 is 1.52. The van der Waals surface area contributed by atoms with E-state index >= 15 is 0 Å². The fraction of sp³-hybridized carbons (Fsp3) is 0.471. The van der Waals surface area contributed by atoms with Gasteiger partial charge in [0.15, 0.2) is 0 Å². The Morgan fingerprint density at radius 1 is 1.41 bits per heavy atom. The number of nitrogens with zero attached hydrogens (tertiary/aromatic N) is 4. The highest BCUT2D eigenvalue weighted by Crippen LogP contribution is 2.17. The normalized spacial score (nSPS) is 19.2. The van der Waals surface area contributed by atoms with E-state index in [9.17, 15) is 4.79 Å². The molecule has 0 N–H and O–H groups in total. The topological polar surface area (TPSA) is 61.9 Å². The molecule has 22 heavy (non-hydrogen) atoms. The number of aromatic nitrogens is 2. The molecule has 0 radical (unpaired) electrons. The van der Waals surface area contributed by atoms with Crippen LogP contribution in [0.4, 0.5) is 0 Å². The molecule has 1 fully saturated rings. The van der Waals surface area contributed by atoms with Gasteiger partial charge in [0.1, 0.15) is 12.4 Å².